The summed E-state index contributed by atoms with van der Waals surface area (Å²) < 4.78 is 0. The number of nitrogens with zero attached hydrogens (tertiary/aromatic N) is 1. The van der Waals surface area contributed by atoms with Gasteiger partial charge < -0.3 is 5.32 Å². The van der Waals surface area contributed by atoms with Crippen LogP contribution in [0.15, 0.2) is 24.4 Å². The number of halogens is 1. The third-order valence-electron chi connectivity index (χ3n) is 2.00. The summed E-state index contributed by atoms with van der Waals surface area (Å²) in [7, 11) is 0. The molecule has 1 N–H and O–H groups in total. The highest BCUT2D eigenvalue weighted by molar-refractivity contribution is 6.20. The minimum atomic E-state index is 0.145. The molecule has 0 bridgehead atoms. The fourth-order valence-corrected chi connectivity index (χ4v) is 1.96. The maximum absolute atomic E-state index is 6.23. The van der Waals surface area contributed by atoms with E-state index in [9.17, 15) is 0 Å². The zero-order chi connectivity index (χ0) is 11.3. The number of rotatable bonds is 4. The molecule has 1 atom stereocenters. The Bertz CT molecular complexity index is 279. The normalized spacial score (nSPS) is 13.6. The van der Waals surface area contributed by atoms with Crippen molar-refractivity contribution in [2.24, 2.45) is 5.41 Å². The highest BCUT2D eigenvalue weighted by atomic mass is 35.5. The molecule has 0 saturated heterocycles. The Morgan fingerprint density at radius 2 is 2.13 bits per heavy atom. The van der Waals surface area contributed by atoms with Crippen LogP contribution in [0.1, 0.15) is 27.2 Å². The SMILES string of the molecule is CC(C)(C)CC(Cl)CNc1ccccn1. The molecule has 1 rings (SSSR count). The highest BCUT2D eigenvalue weighted by Gasteiger charge is 2.16. The first-order valence-corrected chi connectivity index (χ1v) is 5.70. The fourth-order valence-electron chi connectivity index (χ4n) is 1.42. The van der Waals surface area contributed by atoms with Crippen LogP contribution in [0.3, 0.4) is 0 Å². The Kier molecular flexibility index (Phi) is 4.40. The molecule has 1 aromatic heterocycles. The van der Waals surface area contributed by atoms with E-state index < -0.39 is 0 Å². The topological polar surface area (TPSA) is 24.9 Å². The third-order valence-corrected chi connectivity index (χ3v) is 2.31. The van der Waals surface area contributed by atoms with Gasteiger partial charge in [-0.3, -0.25) is 0 Å². The van der Waals surface area contributed by atoms with Crippen LogP contribution in [0.2, 0.25) is 0 Å². The second-order valence-electron chi connectivity index (χ2n) is 4.96. The van der Waals surface area contributed by atoms with Gasteiger partial charge in [-0.2, -0.15) is 0 Å². The van der Waals surface area contributed by atoms with Gasteiger partial charge in [0.1, 0.15) is 5.82 Å². The smallest absolute Gasteiger partial charge is 0.125 e. The molecular formula is C12H19ClN2. The molecule has 3 heteroatoms. The van der Waals surface area contributed by atoms with Gasteiger partial charge in [-0.1, -0.05) is 26.8 Å². The van der Waals surface area contributed by atoms with Crippen LogP contribution >= 0.6 is 11.6 Å². The largest absolute Gasteiger partial charge is 0.369 e. The predicted molar refractivity (Wildman–Crippen MR) is 66.4 cm³/mol. The molecule has 0 saturated carbocycles. The number of hydrogen-bond acceptors (Lipinski definition) is 2. The Morgan fingerprint density at radius 3 is 2.67 bits per heavy atom. The Morgan fingerprint density at radius 1 is 1.40 bits per heavy atom. The van der Waals surface area contributed by atoms with E-state index in [-0.39, 0.29) is 10.8 Å². The number of pyridine rings is 1. The molecule has 84 valence electrons. The summed E-state index contributed by atoms with van der Waals surface area (Å²) in [5.74, 6) is 0.886. The molecule has 0 aromatic carbocycles. The lowest BCUT2D eigenvalue weighted by Gasteiger charge is -2.22. The summed E-state index contributed by atoms with van der Waals surface area (Å²) in [4.78, 5) is 4.18. The molecule has 15 heavy (non-hydrogen) atoms. The summed E-state index contributed by atoms with van der Waals surface area (Å²) in [6, 6.07) is 5.81. The summed E-state index contributed by atoms with van der Waals surface area (Å²) in [6.45, 7) is 7.35. The zero-order valence-electron chi connectivity index (χ0n) is 9.63. The first-order valence-electron chi connectivity index (χ1n) is 5.26. The summed E-state index contributed by atoms with van der Waals surface area (Å²) in [5.41, 5.74) is 0.276. The van der Waals surface area contributed by atoms with Crippen molar-refractivity contribution in [3.8, 4) is 0 Å². The van der Waals surface area contributed by atoms with Crippen molar-refractivity contribution in [1.82, 2.24) is 4.98 Å². The number of hydrogen-bond donors (Lipinski definition) is 1. The standard InChI is InChI=1S/C12H19ClN2/c1-12(2,3)8-10(13)9-15-11-6-4-5-7-14-11/h4-7,10H,8-9H2,1-3H3,(H,14,15). The predicted octanol–water partition coefficient (Wildman–Crippen LogP) is 3.54. The van der Waals surface area contributed by atoms with E-state index in [1.54, 1.807) is 6.20 Å². The van der Waals surface area contributed by atoms with Crippen LogP contribution < -0.4 is 5.32 Å². The summed E-state index contributed by atoms with van der Waals surface area (Å²) in [5, 5.41) is 3.37. The number of aromatic nitrogens is 1. The van der Waals surface area contributed by atoms with Gasteiger partial charge in [-0.15, -0.1) is 11.6 Å². The van der Waals surface area contributed by atoms with Gasteiger partial charge in [0.15, 0.2) is 0 Å². The average molecular weight is 227 g/mol. The molecule has 0 aliphatic heterocycles. The van der Waals surface area contributed by atoms with Gasteiger partial charge >= 0.3 is 0 Å². The molecule has 1 aromatic rings. The van der Waals surface area contributed by atoms with Crippen molar-refractivity contribution in [3.63, 3.8) is 0 Å². The van der Waals surface area contributed by atoms with Crippen LogP contribution in [0, 0.1) is 5.41 Å². The Labute approximate surface area is 97.1 Å². The molecule has 1 unspecified atom stereocenters. The molecule has 0 aliphatic carbocycles. The van der Waals surface area contributed by atoms with Crippen LogP contribution in [0.25, 0.3) is 0 Å². The molecule has 2 nitrogen and oxygen atoms in total. The first kappa shape index (κ1) is 12.3. The lowest BCUT2D eigenvalue weighted by molar-refractivity contribution is 0.373. The maximum atomic E-state index is 6.23. The second kappa shape index (κ2) is 5.36. The minimum Gasteiger partial charge on any atom is -0.369 e. The van der Waals surface area contributed by atoms with Crippen LogP contribution in [0.4, 0.5) is 5.82 Å². The van der Waals surface area contributed by atoms with Gasteiger partial charge in [0.05, 0.1) is 5.38 Å². The van der Waals surface area contributed by atoms with Crippen molar-refractivity contribution in [2.75, 3.05) is 11.9 Å². The summed E-state index contributed by atoms with van der Waals surface area (Å²) in [6.07, 6.45) is 2.77. The Balaban J connectivity index is 2.32. The molecule has 0 amide bonds. The van der Waals surface area contributed by atoms with E-state index >= 15 is 0 Å². The van der Waals surface area contributed by atoms with Gasteiger partial charge in [0, 0.05) is 12.7 Å². The highest BCUT2D eigenvalue weighted by Crippen LogP contribution is 2.23. The minimum absolute atomic E-state index is 0.145. The maximum Gasteiger partial charge on any atom is 0.125 e. The molecule has 0 radical (unpaired) electrons. The van der Waals surface area contributed by atoms with E-state index in [2.05, 4.69) is 31.1 Å². The second-order valence-corrected chi connectivity index (χ2v) is 5.58. The first-order chi connectivity index (χ1) is 6.97. The van der Waals surface area contributed by atoms with Gasteiger partial charge in [-0.05, 0) is 24.0 Å². The number of nitrogens with one attached hydrogen (secondary N) is 1. The van der Waals surface area contributed by atoms with Crippen LogP contribution in [-0.4, -0.2) is 16.9 Å². The van der Waals surface area contributed by atoms with Crippen LogP contribution in [-0.2, 0) is 0 Å². The van der Waals surface area contributed by atoms with Crippen molar-refractivity contribution < 1.29 is 0 Å². The molecule has 0 fully saturated rings. The lowest BCUT2D eigenvalue weighted by atomic mass is 9.90. The van der Waals surface area contributed by atoms with Crippen molar-refractivity contribution in [1.29, 1.82) is 0 Å². The van der Waals surface area contributed by atoms with E-state index in [0.717, 1.165) is 18.8 Å². The number of alkyl halides is 1. The molecule has 0 aliphatic rings. The molecular weight excluding hydrogens is 208 g/mol. The number of anilines is 1. The Hall–Kier alpha value is -0.760. The zero-order valence-corrected chi connectivity index (χ0v) is 10.4. The average Bonchev–Trinajstić information content (AvgIpc) is 2.14. The van der Waals surface area contributed by atoms with Gasteiger partial charge in [0.25, 0.3) is 0 Å². The van der Waals surface area contributed by atoms with Crippen molar-refractivity contribution in [2.45, 2.75) is 32.6 Å². The van der Waals surface area contributed by atoms with Crippen LogP contribution in [0.5, 0.6) is 0 Å². The van der Waals surface area contributed by atoms with Crippen molar-refractivity contribution >= 4 is 17.4 Å². The van der Waals surface area contributed by atoms with E-state index in [0.29, 0.717) is 0 Å². The van der Waals surface area contributed by atoms with E-state index in [1.165, 1.54) is 0 Å². The molecule has 0 spiro atoms. The van der Waals surface area contributed by atoms with Gasteiger partial charge in [0.2, 0.25) is 0 Å². The lowest BCUT2D eigenvalue weighted by Crippen LogP contribution is -2.21. The monoisotopic (exact) mass is 226 g/mol. The third kappa shape index (κ3) is 5.63. The quantitative estimate of drug-likeness (QED) is 0.795. The van der Waals surface area contributed by atoms with Crippen molar-refractivity contribution in [3.05, 3.63) is 24.4 Å². The van der Waals surface area contributed by atoms with E-state index in [4.69, 9.17) is 11.6 Å². The fraction of sp³-hybridized carbons (Fsp3) is 0.583. The molecule has 1 heterocycles. The van der Waals surface area contributed by atoms with Gasteiger partial charge in [-0.25, -0.2) is 4.98 Å². The van der Waals surface area contributed by atoms with E-state index in [1.807, 2.05) is 18.2 Å². The summed E-state index contributed by atoms with van der Waals surface area (Å²) >= 11 is 6.23.